The first-order valence-electron chi connectivity index (χ1n) is 16.8. The molecule has 4 bridgehead atoms. The van der Waals surface area contributed by atoms with Crippen LogP contribution in [-0.2, 0) is 0 Å². The lowest BCUT2D eigenvalue weighted by Gasteiger charge is -2.64. The van der Waals surface area contributed by atoms with Crippen LogP contribution in [0.2, 0.25) is 44.8 Å². The largest absolute Gasteiger partial charge is 0.316 e. The topological polar surface area (TPSA) is 24.1 Å². The van der Waals surface area contributed by atoms with Gasteiger partial charge in [-0.1, -0.05) is 56.1 Å². The van der Waals surface area contributed by atoms with Crippen LogP contribution in [0.25, 0.3) is 0 Å². The minimum absolute atomic E-state index is 0.199. The van der Waals surface area contributed by atoms with Crippen LogP contribution in [-0.4, -0.2) is 53.6 Å². The van der Waals surface area contributed by atoms with E-state index in [1.165, 1.54) is 83.7 Å². The summed E-state index contributed by atoms with van der Waals surface area (Å²) in [6.07, 6.45) is 17.4. The molecule has 8 atom stereocenters. The summed E-state index contributed by atoms with van der Waals surface area (Å²) in [4.78, 5) is 0. The molecule has 2 N–H and O–H groups in total. The van der Waals surface area contributed by atoms with Gasteiger partial charge in [-0.05, 0) is 142 Å². The molecule has 2 aliphatic heterocycles. The number of allylic oxidation sites excluding steroid dienone is 4. The fourth-order valence-corrected chi connectivity index (χ4v) is 19.5. The molecular formula is C33H60N2P2Si2. The van der Waals surface area contributed by atoms with E-state index in [9.17, 15) is 0 Å². The van der Waals surface area contributed by atoms with Gasteiger partial charge in [-0.25, -0.2) is 0 Å². The van der Waals surface area contributed by atoms with Gasteiger partial charge in [0.05, 0.1) is 16.1 Å². The van der Waals surface area contributed by atoms with Gasteiger partial charge in [0.2, 0.25) is 0 Å². The Labute approximate surface area is 248 Å². The molecule has 2 saturated heterocycles. The van der Waals surface area contributed by atoms with Gasteiger partial charge in [-0.3, -0.25) is 0 Å². The lowest BCUT2D eigenvalue weighted by molar-refractivity contribution is -0.0793. The molecule has 7 aliphatic rings. The van der Waals surface area contributed by atoms with E-state index in [0.29, 0.717) is 5.41 Å². The lowest BCUT2D eigenvalue weighted by Crippen LogP contribution is -2.57. The molecular weight excluding hydrogens is 542 g/mol. The molecule has 4 saturated carbocycles. The van der Waals surface area contributed by atoms with Gasteiger partial charge < -0.3 is 10.6 Å². The summed E-state index contributed by atoms with van der Waals surface area (Å²) >= 11 is 0. The molecule has 6 heteroatoms. The van der Waals surface area contributed by atoms with Crippen LogP contribution in [0.3, 0.4) is 0 Å². The Morgan fingerprint density at radius 3 is 1.90 bits per heavy atom. The summed E-state index contributed by atoms with van der Waals surface area (Å²) in [6, 6.07) is 0. The standard InChI is InChI=1S/C33H60N2P2Si2/c1-38(2,3)29-16-27(33(37,25-9-7-11-34-19-25)26-10-8-12-35-20-26)30(31(29)39(4,5)6)32-17-22-13-23(18-32)15-24(14-22)28(32)21-36/h16,22-26,28,31,34-35H,7-15,17-21,36-37H2,1-6H3. The van der Waals surface area contributed by atoms with Crippen LogP contribution in [0.15, 0.2) is 22.4 Å². The van der Waals surface area contributed by atoms with E-state index in [1.807, 2.05) is 10.8 Å². The Bertz CT molecular complexity index is 964. The predicted molar refractivity (Wildman–Crippen MR) is 183 cm³/mol. The van der Waals surface area contributed by atoms with E-state index < -0.39 is 16.1 Å². The van der Waals surface area contributed by atoms with Crippen molar-refractivity contribution in [2.45, 2.75) is 108 Å². The molecule has 7 rings (SSSR count). The Balaban J connectivity index is 1.62. The van der Waals surface area contributed by atoms with E-state index in [2.05, 4.69) is 80.0 Å². The summed E-state index contributed by atoms with van der Waals surface area (Å²) in [7, 11) is 3.99. The SMILES string of the molecule is C[Si](C)(C)C1=CC(C(P)(C2CCCNC2)C2CCCNC2)=C(C23CC4CC(CC(C4)C2CP)C3)C1[Si](C)(C)C. The van der Waals surface area contributed by atoms with Crippen molar-refractivity contribution in [2.75, 3.05) is 32.3 Å². The van der Waals surface area contributed by atoms with Crippen LogP contribution in [0, 0.1) is 40.9 Å². The maximum Gasteiger partial charge on any atom is 0.0728 e. The number of nitrogens with one attached hydrogen (secondary N) is 2. The van der Waals surface area contributed by atoms with Gasteiger partial charge in [-0.15, -0.1) is 18.5 Å². The third kappa shape index (κ3) is 4.94. The van der Waals surface area contributed by atoms with E-state index in [1.54, 1.807) is 6.42 Å². The van der Waals surface area contributed by atoms with Crippen LogP contribution in [0.5, 0.6) is 0 Å². The van der Waals surface area contributed by atoms with E-state index >= 15 is 0 Å². The van der Waals surface area contributed by atoms with Gasteiger partial charge in [0, 0.05) is 5.16 Å². The smallest absolute Gasteiger partial charge is 0.0728 e. The Morgan fingerprint density at radius 1 is 0.897 bits per heavy atom. The number of hydrogen-bond acceptors (Lipinski definition) is 2. The zero-order valence-corrected chi connectivity index (χ0v) is 30.5. The second kappa shape index (κ2) is 10.7. The quantitative estimate of drug-likeness (QED) is 0.230. The molecule has 0 aromatic rings. The molecule has 39 heavy (non-hydrogen) atoms. The van der Waals surface area contributed by atoms with Crippen LogP contribution >= 0.6 is 18.5 Å². The van der Waals surface area contributed by atoms with Crippen molar-refractivity contribution in [3.8, 4) is 0 Å². The van der Waals surface area contributed by atoms with E-state index in [-0.39, 0.29) is 5.16 Å². The average molecular weight is 603 g/mol. The monoisotopic (exact) mass is 602 g/mol. The highest BCUT2D eigenvalue weighted by molar-refractivity contribution is 7.19. The second-order valence-electron chi connectivity index (χ2n) is 17.1. The highest BCUT2D eigenvalue weighted by atomic mass is 31.0. The van der Waals surface area contributed by atoms with Crippen molar-refractivity contribution >= 4 is 34.6 Å². The van der Waals surface area contributed by atoms with Gasteiger partial charge in [0.1, 0.15) is 0 Å². The van der Waals surface area contributed by atoms with Crippen LogP contribution < -0.4 is 10.6 Å². The molecule has 6 fully saturated rings. The zero-order chi connectivity index (χ0) is 27.8. The van der Waals surface area contributed by atoms with Gasteiger partial charge >= 0.3 is 0 Å². The first kappa shape index (κ1) is 29.8. The summed E-state index contributed by atoms with van der Waals surface area (Å²) < 4.78 is 0. The highest BCUT2D eigenvalue weighted by Gasteiger charge is 2.63. The Kier molecular flexibility index (Phi) is 8.16. The van der Waals surface area contributed by atoms with Crippen molar-refractivity contribution in [1.82, 2.24) is 10.6 Å². The van der Waals surface area contributed by atoms with Crippen LogP contribution in [0.1, 0.15) is 57.8 Å². The molecule has 0 aromatic carbocycles. The molecule has 2 heterocycles. The first-order chi connectivity index (χ1) is 18.4. The molecule has 2 nitrogen and oxygen atoms in total. The van der Waals surface area contributed by atoms with Crippen molar-refractivity contribution in [1.29, 1.82) is 0 Å². The second-order valence-corrected chi connectivity index (χ2v) is 28.9. The third-order valence-electron chi connectivity index (χ3n) is 12.6. The normalized spacial score (nSPS) is 42.6. The molecule has 220 valence electrons. The predicted octanol–water partition coefficient (Wildman–Crippen LogP) is 7.74. The average Bonchev–Trinajstić information content (AvgIpc) is 3.33. The van der Waals surface area contributed by atoms with Gasteiger partial charge in [0.15, 0.2) is 0 Å². The van der Waals surface area contributed by atoms with E-state index in [4.69, 9.17) is 0 Å². The Hall–Kier alpha value is 0.694. The van der Waals surface area contributed by atoms with Gasteiger partial charge in [-0.2, -0.15) is 0 Å². The zero-order valence-electron chi connectivity index (χ0n) is 26.2. The Morgan fingerprint density at radius 2 is 1.46 bits per heavy atom. The molecule has 5 aliphatic carbocycles. The fraction of sp³-hybridized carbons (Fsp3) is 0.879. The summed E-state index contributed by atoms with van der Waals surface area (Å²) in [5.41, 5.74) is 5.19. The van der Waals surface area contributed by atoms with Crippen molar-refractivity contribution in [3.63, 3.8) is 0 Å². The summed E-state index contributed by atoms with van der Waals surface area (Å²) in [6.45, 7) is 21.1. The molecule has 0 spiro atoms. The van der Waals surface area contributed by atoms with E-state index in [0.717, 1.165) is 41.0 Å². The number of piperidine rings is 2. The molecule has 0 amide bonds. The third-order valence-corrected chi connectivity index (χ3v) is 19.2. The fourth-order valence-electron chi connectivity index (χ4n) is 11.4. The summed E-state index contributed by atoms with van der Waals surface area (Å²) in [5.74, 6) is 5.31. The highest BCUT2D eigenvalue weighted by Crippen LogP contribution is 2.72. The molecule has 0 aromatic heterocycles. The maximum absolute atomic E-state index is 3.89. The minimum Gasteiger partial charge on any atom is -0.316 e. The van der Waals surface area contributed by atoms with Crippen molar-refractivity contribution in [3.05, 3.63) is 22.4 Å². The van der Waals surface area contributed by atoms with Crippen molar-refractivity contribution < 1.29 is 0 Å². The molecule has 0 radical (unpaired) electrons. The number of hydrogen-bond donors (Lipinski definition) is 2. The van der Waals surface area contributed by atoms with Crippen LogP contribution in [0.4, 0.5) is 0 Å². The summed E-state index contributed by atoms with van der Waals surface area (Å²) in [5, 5.41) is 9.93. The minimum atomic E-state index is -1.51. The molecule has 8 unspecified atom stereocenters. The first-order valence-corrected chi connectivity index (χ1v) is 25.2. The maximum atomic E-state index is 3.89. The van der Waals surface area contributed by atoms with Crippen molar-refractivity contribution in [2.24, 2.45) is 40.9 Å². The van der Waals surface area contributed by atoms with Gasteiger partial charge in [0.25, 0.3) is 0 Å². The lowest BCUT2D eigenvalue weighted by atomic mass is 9.43. The number of rotatable bonds is 7.